The first-order valence-corrected chi connectivity index (χ1v) is 44.0. The quantitative estimate of drug-likeness (QED) is 0.148. The van der Waals surface area contributed by atoms with E-state index >= 15 is 0 Å². The van der Waals surface area contributed by atoms with Gasteiger partial charge in [-0.25, -0.2) is 43.2 Å². The number of imidazole rings is 1. The first-order valence-electron chi connectivity index (χ1n) is 44.0. The van der Waals surface area contributed by atoms with Gasteiger partial charge in [-0.05, 0) is 141 Å². The van der Waals surface area contributed by atoms with Crippen LogP contribution in [0.1, 0.15) is 167 Å². The predicted molar refractivity (Wildman–Crippen MR) is 541 cm³/mol. The van der Waals surface area contributed by atoms with E-state index in [-0.39, 0.29) is 169 Å². The molecule has 0 saturated carbocycles. The molecule has 0 saturated heterocycles. The van der Waals surface area contributed by atoms with E-state index in [4.69, 9.17) is 26.3 Å². The molecule has 36 heteroatoms. The summed E-state index contributed by atoms with van der Waals surface area (Å²) in [4.78, 5) is 19.9. The second-order valence-electron chi connectivity index (χ2n) is 22.3. The molecule has 0 spiro atoms. The average Bonchev–Trinajstić information content (AvgIpc) is 1.69. The number of hydrogen-bond donors (Lipinski definition) is 0. The normalized spacial score (nSPS) is 8.57. The molecule has 0 atom stereocenters. The topological polar surface area (TPSA) is 262 Å². The van der Waals surface area contributed by atoms with Crippen molar-refractivity contribution in [1.82, 2.24) is 135 Å². The molecule has 0 fully saturated rings. The minimum atomic E-state index is 0. The van der Waals surface area contributed by atoms with Crippen LogP contribution in [0.15, 0.2) is 331 Å². The van der Waals surface area contributed by atoms with Crippen LogP contribution in [-0.2, 0) is 175 Å². The van der Waals surface area contributed by atoms with E-state index in [9.17, 15) is 0 Å². The third-order valence-corrected chi connectivity index (χ3v) is 14.9. The largest absolute Gasteiger partial charge is 2.00 e. The second kappa shape index (κ2) is 99.2. The van der Waals surface area contributed by atoms with Crippen LogP contribution in [0.2, 0.25) is 0 Å². The Hall–Kier alpha value is -10.4. The van der Waals surface area contributed by atoms with Crippen molar-refractivity contribution < 1.29 is 169 Å². The molecule has 22 heterocycles. The van der Waals surface area contributed by atoms with Gasteiger partial charge in [0.25, 0.3) is 0 Å². The van der Waals surface area contributed by atoms with Gasteiger partial charge in [-0.1, -0.05) is 188 Å². The van der Waals surface area contributed by atoms with Crippen LogP contribution in [0.3, 0.4) is 0 Å². The Bertz CT molecular complexity index is 5250. The molecular weight excluding hydrogens is 3100 g/mol. The number of hydrogen-bond acceptors (Lipinski definition) is 15. The average molecular weight is 3240 g/mol. The molecule has 22 rings (SSSR count). The van der Waals surface area contributed by atoms with Crippen LogP contribution in [0.4, 0.5) is 0 Å². The summed E-state index contributed by atoms with van der Waals surface area (Å²) >= 11 is 0. The van der Waals surface area contributed by atoms with E-state index in [1.54, 1.807) is 101 Å². The Morgan fingerprint density at radius 2 is 0.849 bits per heavy atom. The number of nitrogens with zero attached hydrogens (tertiary/aromatic N) is 28. The molecule has 1 aliphatic rings. The van der Waals surface area contributed by atoms with Gasteiger partial charge < -0.3 is 57.4 Å². The van der Waals surface area contributed by atoms with Crippen molar-refractivity contribution >= 4 is 75.4 Å². The minimum absolute atomic E-state index is 0. The summed E-state index contributed by atoms with van der Waals surface area (Å²) in [6.45, 7) is 66.0. The maximum atomic E-state index is 5.12. The van der Waals surface area contributed by atoms with Crippen molar-refractivity contribution in [1.29, 1.82) is 0 Å². The third-order valence-electron chi connectivity index (χ3n) is 14.9. The van der Waals surface area contributed by atoms with E-state index in [1.165, 1.54) is 39.4 Å². The number of rotatable bonds is 4. The Morgan fingerprint density at radius 1 is 0.345 bits per heavy atom. The van der Waals surface area contributed by atoms with E-state index in [0.29, 0.717) is 0 Å². The van der Waals surface area contributed by atoms with Gasteiger partial charge in [0.2, 0.25) is 0 Å². The van der Waals surface area contributed by atoms with E-state index in [1.807, 2.05) is 417 Å². The molecule has 0 unspecified atom stereocenters. The van der Waals surface area contributed by atoms with Gasteiger partial charge in [-0.15, -0.1) is 44.8 Å². The molecule has 21 aromatic rings. The van der Waals surface area contributed by atoms with Crippen LogP contribution >= 0.6 is 0 Å². The fourth-order valence-electron chi connectivity index (χ4n) is 9.52. The van der Waals surface area contributed by atoms with E-state index < -0.39 is 0 Å². The van der Waals surface area contributed by atoms with Gasteiger partial charge >= 0.3 is 84.3 Å². The monoisotopic (exact) mass is 3230 g/mol. The number of pyridine rings is 3. The van der Waals surface area contributed by atoms with Gasteiger partial charge in [0, 0.05) is 220 Å². The third kappa shape index (κ3) is 57.8. The number of aromatic nitrogens is 28. The molecule has 0 aliphatic carbocycles. The molecule has 28 nitrogen and oxygen atoms in total. The first-order chi connectivity index (χ1) is 64.7. The van der Waals surface area contributed by atoms with Crippen molar-refractivity contribution in [3.8, 4) is 0 Å². The molecule has 21 aromatic heterocycles. The van der Waals surface area contributed by atoms with Gasteiger partial charge in [-0.3, -0.25) is 50.3 Å². The standard InChI is InChI=1S/C8H7N.C7H7N3.4C7H6N2.C6H7N3.2C6H5N3.2C6H5N.C5H5N3.C5H4N2.10C2H6.8W/c1-2-6-9-7-3-5-8(9)4-1;1-6-8-9-7-4-2-3-5-10(6)7;1-3-7-8-4-2-6-9(7)5-1;1-3-7-4-2-6-9(7)8-5-1;1-2-7-6-8-3-5-9(7)4-1;1-2-6-9-7(3-1)4-5-8-9;1-5-7-8-6-3-2-4-9(5)6;1-3-7-6-2-4-8-9(6)5-1;1-2-6-4-7-5-9(6)8-3-1;1-2-7-5-3-4-6-7;1-2-6-4-3-5-7-6;1-3-8-4-6-7-5(8)2;1-2-7-5-3-4-6-7;10*1-2;;;;;;;;/h1-7H;2-5H,1H3;4*1-6H;2,4H,3H2,1H3;2*1-5H;2*1-5H;1,3H,2H3;1-4H;10*1-2H3;;;;;;;;/q;;;;;;;;;4*-2;;;;;;;;;;;;;;;4*+2. The SMILES string of the molecule is CC.CC.CC.CC.CC.CC.CC.CC.CC.CC.Cc1nnc2ccccn12.Cc1nnc2n1C=CC2.[CH-]=Cc1ccc[n-]1.[CH-]=Cn1[c-]ccc1.[CH-]=Cn1[c-]ccn1.[CH-]=Cn1[c-]nnc1C.[W+2].[W+2].[W+2].[W+2].[W].[W].[W].[W].c1cc2cnccn2c1.c1ccn2cccc2c1.c1ccn2nccc2c1.c1cnc2cccn2c1.c1cnc2ccnn2c1.c1cnn2cccc2c1.c1cnn2cncc2c1. The fraction of sp³-hybridized carbons (Fsp3) is 0.233. The van der Waals surface area contributed by atoms with E-state index in [2.05, 4.69) is 122 Å². The molecule has 0 amide bonds. The Kier molecular flexibility index (Phi) is 105. The van der Waals surface area contributed by atoms with Gasteiger partial charge in [0.05, 0.1) is 40.7 Å². The van der Waals surface area contributed by atoms with Crippen molar-refractivity contribution in [3.05, 3.63) is 405 Å². The maximum absolute atomic E-state index is 5.12. The molecule has 0 bridgehead atoms. The molecule has 0 N–H and O–H groups in total. The summed E-state index contributed by atoms with van der Waals surface area (Å²) in [5, 5.41) is 42.6. The summed E-state index contributed by atoms with van der Waals surface area (Å²) in [6, 6.07) is 58.5. The number of allylic oxidation sites excluding steroid dienone is 1. The minimum Gasteiger partial charge on any atom is -0.749 e. The Labute approximate surface area is 939 Å². The number of aryl methyl sites for hydroxylation is 3. The zero-order chi connectivity index (χ0) is 97.3. The first kappa shape index (κ1) is 146. The summed E-state index contributed by atoms with van der Waals surface area (Å²) < 4.78 is 21.7. The van der Waals surface area contributed by atoms with Crippen LogP contribution < -0.4 is 4.98 Å². The van der Waals surface area contributed by atoms with Crippen molar-refractivity contribution in [2.75, 3.05) is 0 Å². The van der Waals surface area contributed by atoms with Crippen molar-refractivity contribution in [3.63, 3.8) is 0 Å². The molecule has 139 heavy (non-hydrogen) atoms. The molecular formula is C103H134N28W8. The molecule has 734 valence electrons. The zero-order valence-electron chi connectivity index (χ0n) is 83.9. The van der Waals surface area contributed by atoms with Gasteiger partial charge in [-0.2, -0.15) is 38.7 Å². The van der Waals surface area contributed by atoms with Crippen molar-refractivity contribution in [2.45, 2.75) is 166 Å². The zero-order valence-corrected chi connectivity index (χ0v) is 107. The Balaban J connectivity index is -0.000000185. The number of fused-ring (bicyclic) bond motifs is 9. The second-order valence-corrected chi connectivity index (χ2v) is 22.3. The molecule has 1 aliphatic heterocycles. The van der Waals surface area contributed by atoms with Crippen LogP contribution in [0, 0.1) is 65.8 Å². The molecule has 0 aromatic carbocycles. The summed E-state index contributed by atoms with van der Waals surface area (Å²) in [5.74, 6) is 3.69. The fourth-order valence-corrected chi connectivity index (χ4v) is 9.52. The van der Waals surface area contributed by atoms with Crippen molar-refractivity contribution in [2.24, 2.45) is 0 Å². The summed E-state index contributed by atoms with van der Waals surface area (Å²) in [6.07, 6.45) is 61.0. The maximum Gasteiger partial charge on any atom is 2.00 e. The van der Waals surface area contributed by atoms with Crippen LogP contribution in [-0.4, -0.2) is 130 Å². The Morgan fingerprint density at radius 3 is 1.37 bits per heavy atom. The molecule has 0 radical (unpaired) electrons. The predicted octanol–water partition coefficient (Wildman–Crippen LogP) is 23.8. The van der Waals surface area contributed by atoms with Crippen LogP contribution in [0.25, 0.3) is 75.4 Å². The van der Waals surface area contributed by atoms with Crippen LogP contribution in [0.5, 0.6) is 0 Å². The van der Waals surface area contributed by atoms with E-state index in [0.717, 1.165) is 74.4 Å². The summed E-state index contributed by atoms with van der Waals surface area (Å²) in [5.41, 5.74) is 9.30. The van der Waals surface area contributed by atoms with Gasteiger partial charge in [0.1, 0.15) is 29.4 Å². The van der Waals surface area contributed by atoms with Gasteiger partial charge in [0.15, 0.2) is 11.3 Å². The smallest absolute Gasteiger partial charge is 0.749 e. The summed E-state index contributed by atoms with van der Waals surface area (Å²) in [7, 11) is 0.